The first-order chi connectivity index (χ1) is 4.83. The molecule has 0 aliphatic rings. The van der Waals surface area contributed by atoms with E-state index in [0.29, 0.717) is 6.42 Å². The SMILES string of the molecule is N#CCc1ccc(F)cc1.[K+].[OH-]. The molecule has 2 nitrogen and oxygen atoms in total. The zero-order valence-electron chi connectivity index (χ0n) is 6.79. The molecule has 0 aliphatic heterocycles. The van der Waals surface area contributed by atoms with E-state index in [4.69, 9.17) is 5.26 Å². The maximum Gasteiger partial charge on any atom is 1.00 e. The molecule has 0 radical (unpaired) electrons. The molecule has 0 heterocycles. The second-order valence-electron chi connectivity index (χ2n) is 1.96. The Morgan fingerprint density at radius 3 is 2.17 bits per heavy atom. The molecule has 1 rings (SSSR count). The summed E-state index contributed by atoms with van der Waals surface area (Å²) in [6.45, 7) is 0. The quantitative estimate of drug-likeness (QED) is 0.519. The fraction of sp³-hybridized carbons (Fsp3) is 0.125. The van der Waals surface area contributed by atoms with E-state index >= 15 is 0 Å². The van der Waals surface area contributed by atoms with Gasteiger partial charge in [0.25, 0.3) is 0 Å². The van der Waals surface area contributed by atoms with Crippen molar-refractivity contribution in [3.05, 3.63) is 35.6 Å². The Bertz CT molecular complexity index is 255. The van der Waals surface area contributed by atoms with E-state index in [1.54, 1.807) is 12.1 Å². The number of halogens is 1. The number of hydrogen-bond donors (Lipinski definition) is 0. The number of nitrogens with zero attached hydrogens (tertiary/aromatic N) is 1. The topological polar surface area (TPSA) is 53.8 Å². The Hall–Kier alpha value is 0.236. The minimum absolute atomic E-state index is 0. The van der Waals surface area contributed by atoms with Gasteiger partial charge in [-0.15, -0.1) is 0 Å². The van der Waals surface area contributed by atoms with Crippen LogP contribution < -0.4 is 51.4 Å². The predicted molar refractivity (Wildman–Crippen MR) is 37.7 cm³/mol. The van der Waals surface area contributed by atoms with Gasteiger partial charge in [0.05, 0.1) is 12.5 Å². The van der Waals surface area contributed by atoms with Gasteiger partial charge in [0, 0.05) is 0 Å². The van der Waals surface area contributed by atoms with E-state index in [2.05, 4.69) is 0 Å². The van der Waals surface area contributed by atoms with Crippen LogP contribution in [-0.4, -0.2) is 5.48 Å². The largest absolute Gasteiger partial charge is 1.00 e. The van der Waals surface area contributed by atoms with Crippen molar-refractivity contribution >= 4 is 0 Å². The van der Waals surface area contributed by atoms with Gasteiger partial charge < -0.3 is 5.48 Å². The Balaban J connectivity index is 0. The number of benzene rings is 1. The third-order valence-electron chi connectivity index (χ3n) is 1.20. The molecule has 0 amide bonds. The van der Waals surface area contributed by atoms with Gasteiger partial charge in [0.1, 0.15) is 5.82 Å². The fourth-order valence-electron chi connectivity index (χ4n) is 0.694. The molecule has 0 aliphatic carbocycles. The van der Waals surface area contributed by atoms with Crippen LogP contribution in [0.3, 0.4) is 0 Å². The maximum absolute atomic E-state index is 12.2. The van der Waals surface area contributed by atoms with Crippen molar-refractivity contribution in [1.29, 1.82) is 5.26 Å². The molecular formula is C8H7FKNO. The molecule has 4 heteroatoms. The second-order valence-corrected chi connectivity index (χ2v) is 1.96. The molecular weight excluding hydrogens is 184 g/mol. The van der Waals surface area contributed by atoms with Crippen molar-refractivity contribution in [1.82, 2.24) is 0 Å². The summed E-state index contributed by atoms with van der Waals surface area (Å²) in [6.07, 6.45) is 0.347. The van der Waals surface area contributed by atoms with Crippen molar-refractivity contribution < 1.29 is 61.3 Å². The normalized spacial score (nSPS) is 7.33. The first kappa shape index (κ1) is 14.7. The van der Waals surface area contributed by atoms with Crippen molar-refractivity contribution in [2.75, 3.05) is 0 Å². The molecule has 0 atom stereocenters. The van der Waals surface area contributed by atoms with Crippen LogP contribution in [0.15, 0.2) is 24.3 Å². The van der Waals surface area contributed by atoms with Crippen LogP contribution >= 0.6 is 0 Å². The van der Waals surface area contributed by atoms with Gasteiger partial charge in [-0.1, -0.05) is 12.1 Å². The van der Waals surface area contributed by atoms with Crippen LogP contribution in [0.5, 0.6) is 0 Å². The minimum atomic E-state index is -0.262. The van der Waals surface area contributed by atoms with E-state index in [-0.39, 0.29) is 62.7 Å². The van der Waals surface area contributed by atoms with E-state index in [1.807, 2.05) is 6.07 Å². The van der Waals surface area contributed by atoms with Crippen LogP contribution in [0, 0.1) is 17.1 Å². The van der Waals surface area contributed by atoms with Gasteiger partial charge in [0.2, 0.25) is 0 Å². The van der Waals surface area contributed by atoms with E-state index < -0.39 is 0 Å². The first-order valence-corrected chi connectivity index (χ1v) is 2.94. The van der Waals surface area contributed by atoms with Gasteiger partial charge in [-0.25, -0.2) is 4.39 Å². The number of rotatable bonds is 1. The molecule has 0 bridgehead atoms. The van der Waals surface area contributed by atoms with Gasteiger partial charge in [-0.05, 0) is 17.7 Å². The van der Waals surface area contributed by atoms with Gasteiger partial charge >= 0.3 is 51.4 Å². The molecule has 0 unspecified atom stereocenters. The van der Waals surface area contributed by atoms with Crippen LogP contribution in [0.1, 0.15) is 5.56 Å². The monoisotopic (exact) mass is 191 g/mol. The van der Waals surface area contributed by atoms with Crippen molar-refractivity contribution in [3.8, 4) is 6.07 Å². The Kier molecular flexibility index (Phi) is 9.66. The summed E-state index contributed by atoms with van der Waals surface area (Å²) in [6, 6.07) is 7.91. The van der Waals surface area contributed by atoms with Crippen LogP contribution in [-0.2, 0) is 6.42 Å². The van der Waals surface area contributed by atoms with Crippen LogP contribution in [0.25, 0.3) is 0 Å². The van der Waals surface area contributed by atoms with Crippen LogP contribution in [0.4, 0.5) is 4.39 Å². The minimum Gasteiger partial charge on any atom is -0.870 e. The van der Waals surface area contributed by atoms with E-state index in [9.17, 15) is 4.39 Å². The van der Waals surface area contributed by atoms with Gasteiger partial charge in [0.15, 0.2) is 0 Å². The van der Waals surface area contributed by atoms with Gasteiger partial charge in [-0.3, -0.25) is 0 Å². The Labute approximate surface area is 113 Å². The molecule has 1 aromatic carbocycles. The van der Waals surface area contributed by atoms with Gasteiger partial charge in [-0.2, -0.15) is 5.26 Å². The zero-order valence-corrected chi connectivity index (χ0v) is 9.91. The molecule has 58 valence electrons. The summed E-state index contributed by atoms with van der Waals surface area (Å²) in [7, 11) is 0. The van der Waals surface area contributed by atoms with E-state index in [1.165, 1.54) is 12.1 Å². The summed E-state index contributed by atoms with van der Waals surface area (Å²) in [5.74, 6) is -0.262. The molecule has 1 N–H and O–H groups in total. The summed E-state index contributed by atoms with van der Waals surface area (Å²) < 4.78 is 12.2. The summed E-state index contributed by atoms with van der Waals surface area (Å²) >= 11 is 0. The third kappa shape index (κ3) is 4.98. The molecule has 1 aromatic rings. The summed E-state index contributed by atoms with van der Waals surface area (Å²) in [5, 5.41) is 8.25. The molecule has 0 spiro atoms. The summed E-state index contributed by atoms with van der Waals surface area (Å²) in [5.41, 5.74) is 0.851. The van der Waals surface area contributed by atoms with Crippen molar-refractivity contribution in [2.24, 2.45) is 0 Å². The zero-order chi connectivity index (χ0) is 7.40. The molecule has 0 saturated carbocycles. The molecule has 12 heavy (non-hydrogen) atoms. The van der Waals surface area contributed by atoms with Crippen molar-refractivity contribution in [3.63, 3.8) is 0 Å². The fourth-order valence-corrected chi connectivity index (χ4v) is 0.694. The Morgan fingerprint density at radius 2 is 1.75 bits per heavy atom. The number of hydrogen-bond acceptors (Lipinski definition) is 2. The predicted octanol–water partition coefficient (Wildman–Crippen LogP) is -1.28. The third-order valence-corrected chi connectivity index (χ3v) is 1.20. The average molecular weight is 191 g/mol. The van der Waals surface area contributed by atoms with Crippen LogP contribution in [0.2, 0.25) is 0 Å². The molecule has 0 fully saturated rings. The summed E-state index contributed by atoms with van der Waals surface area (Å²) in [4.78, 5) is 0. The average Bonchev–Trinajstić information content (AvgIpc) is 1.95. The molecule has 0 aromatic heterocycles. The van der Waals surface area contributed by atoms with Crippen molar-refractivity contribution in [2.45, 2.75) is 6.42 Å². The maximum atomic E-state index is 12.2. The smallest absolute Gasteiger partial charge is 0.870 e. The second kappa shape index (κ2) is 7.86. The Morgan fingerprint density at radius 1 is 1.25 bits per heavy atom. The number of nitriles is 1. The molecule has 0 saturated heterocycles. The van der Waals surface area contributed by atoms with E-state index in [0.717, 1.165) is 5.56 Å². The first-order valence-electron chi connectivity index (χ1n) is 2.94. The standard InChI is InChI=1S/C8H6FN.K.H2O/c9-8-3-1-7(2-4-8)5-6-10;;/h1-4H,5H2;;1H2/q;+1;/p-1.